The molecule has 0 aliphatic rings. The monoisotopic (exact) mass is 170 g/mol. The average molecular weight is 170 g/mol. The van der Waals surface area contributed by atoms with Crippen molar-refractivity contribution in [3.05, 3.63) is 0 Å². The van der Waals surface area contributed by atoms with Crippen molar-refractivity contribution >= 4 is 7.82 Å². The average Bonchev–Trinajstić information content (AvgIpc) is 1.78. The summed E-state index contributed by atoms with van der Waals surface area (Å²) < 4.78 is 24.2. The first-order chi connectivity index (χ1) is 4.56. The third-order valence-corrected chi connectivity index (χ3v) is 0.647. The largest absolute Gasteiger partial charge is 0.496 e. The zero-order chi connectivity index (χ0) is 8.04. The Bertz CT molecular complexity index is 187. The molecule has 7 heteroatoms. The summed E-state index contributed by atoms with van der Waals surface area (Å²) in [6, 6.07) is 0. The zero-order valence-corrected chi connectivity index (χ0v) is 5.55. The Kier molecular flexibility index (Phi) is 4.19. The van der Waals surface area contributed by atoms with E-state index in [9.17, 15) is 8.96 Å². The standard InChI is InChI=1S/C3H4FO5P/c4-2-1-3-8-9-10(5,6)7/h3H2,(H2,5,6,7). The highest BCUT2D eigenvalue weighted by molar-refractivity contribution is 7.46. The van der Waals surface area contributed by atoms with E-state index in [1.807, 2.05) is 0 Å². The maximum atomic E-state index is 10.9. The van der Waals surface area contributed by atoms with E-state index in [0.717, 1.165) is 6.17 Å². The van der Waals surface area contributed by atoms with E-state index < -0.39 is 14.4 Å². The van der Waals surface area contributed by atoms with E-state index in [4.69, 9.17) is 9.79 Å². The molecule has 2 N–H and O–H groups in total. The third kappa shape index (κ3) is 7.56. The first kappa shape index (κ1) is 9.56. The van der Waals surface area contributed by atoms with Crippen LogP contribution in [0.3, 0.4) is 0 Å². The van der Waals surface area contributed by atoms with E-state index in [-0.39, 0.29) is 0 Å². The predicted octanol–water partition coefficient (Wildman–Crippen LogP) is -0.0423. The highest BCUT2D eigenvalue weighted by atomic mass is 31.2. The SMILES string of the molecule is O=P(O)(O)OOCC#CF. The molecule has 0 aliphatic heterocycles. The van der Waals surface area contributed by atoms with Gasteiger partial charge in [-0.1, -0.05) is 0 Å². The van der Waals surface area contributed by atoms with Gasteiger partial charge in [0, 0.05) is 0 Å². The lowest BCUT2D eigenvalue weighted by Gasteiger charge is -1.99. The number of hydrogen-bond acceptors (Lipinski definition) is 3. The molecule has 0 spiro atoms. The molecule has 0 bridgehead atoms. The molecule has 0 heterocycles. The van der Waals surface area contributed by atoms with Crippen LogP contribution in [0.2, 0.25) is 0 Å². The molecule has 0 aromatic rings. The first-order valence-electron chi connectivity index (χ1n) is 2.01. The van der Waals surface area contributed by atoms with Crippen molar-refractivity contribution in [1.29, 1.82) is 0 Å². The molecular formula is C3H4FO5P. The van der Waals surface area contributed by atoms with Gasteiger partial charge in [-0.25, -0.2) is 9.45 Å². The number of rotatable bonds is 3. The second kappa shape index (κ2) is 4.39. The molecular weight excluding hydrogens is 166 g/mol. The third-order valence-electron chi connectivity index (χ3n) is 0.348. The van der Waals surface area contributed by atoms with Crippen molar-refractivity contribution in [3.8, 4) is 12.1 Å². The molecule has 58 valence electrons. The fourth-order valence-electron chi connectivity index (χ4n) is 0.152. The summed E-state index contributed by atoms with van der Waals surface area (Å²) in [5.41, 5.74) is 0. The van der Waals surface area contributed by atoms with Crippen molar-refractivity contribution in [2.24, 2.45) is 0 Å². The summed E-state index contributed by atoms with van der Waals surface area (Å²) in [5, 5.41) is 0. The Morgan fingerprint density at radius 3 is 2.60 bits per heavy atom. The Morgan fingerprint density at radius 2 is 2.20 bits per heavy atom. The van der Waals surface area contributed by atoms with Crippen LogP contribution in [0.15, 0.2) is 0 Å². The minimum absolute atomic E-state index is 0.526. The van der Waals surface area contributed by atoms with E-state index in [1.54, 1.807) is 5.92 Å². The molecule has 0 radical (unpaired) electrons. The van der Waals surface area contributed by atoms with Crippen LogP contribution in [-0.4, -0.2) is 16.4 Å². The van der Waals surface area contributed by atoms with Crippen LogP contribution in [0.1, 0.15) is 0 Å². The lowest BCUT2D eigenvalue weighted by molar-refractivity contribution is -0.209. The first-order valence-corrected chi connectivity index (χ1v) is 3.54. The zero-order valence-electron chi connectivity index (χ0n) is 4.65. The smallest absolute Gasteiger partial charge is 0.301 e. The second-order valence-corrected chi connectivity index (χ2v) is 2.23. The van der Waals surface area contributed by atoms with Crippen molar-refractivity contribution < 1.29 is 28.3 Å². The van der Waals surface area contributed by atoms with Gasteiger partial charge in [-0.3, -0.25) is 0 Å². The summed E-state index contributed by atoms with van der Waals surface area (Å²) in [6.45, 7) is -0.526. The van der Waals surface area contributed by atoms with Crippen LogP contribution in [0.25, 0.3) is 0 Å². The van der Waals surface area contributed by atoms with Gasteiger partial charge < -0.3 is 9.79 Å². The lowest BCUT2D eigenvalue weighted by Crippen LogP contribution is -1.91. The van der Waals surface area contributed by atoms with Gasteiger partial charge in [0.15, 0.2) is 0 Å². The summed E-state index contributed by atoms with van der Waals surface area (Å²) in [5.74, 6) is 1.71. The lowest BCUT2D eigenvalue weighted by atomic mass is 10.8. The summed E-state index contributed by atoms with van der Waals surface area (Å²) in [4.78, 5) is 19.6. The molecule has 0 saturated heterocycles. The number of phosphoric acid groups is 1. The van der Waals surface area contributed by atoms with Crippen molar-refractivity contribution in [2.75, 3.05) is 6.61 Å². The normalized spacial score (nSPS) is 10.3. The number of halogens is 1. The van der Waals surface area contributed by atoms with Crippen LogP contribution >= 0.6 is 7.82 Å². The molecule has 0 aromatic carbocycles. The van der Waals surface area contributed by atoms with Gasteiger partial charge in [-0.15, -0.1) is 9.06 Å². The van der Waals surface area contributed by atoms with Gasteiger partial charge in [0.2, 0.25) is 0 Å². The van der Waals surface area contributed by atoms with Crippen LogP contribution in [0.4, 0.5) is 4.39 Å². The summed E-state index contributed by atoms with van der Waals surface area (Å²) >= 11 is 0. The fraction of sp³-hybridized carbons (Fsp3) is 0.333. The molecule has 0 rings (SSSR count). The molecule has 10 heavy (non-hydrogen) atoms. The van der Waals surface area contributed by atoms with Crippen LogP contribution < -0.4 is 0 Å². The van der Waals surface area contributed by atoms with Crippen molar-refractivity contribution in [3.63, 3.8) is 0 Å². The minimum Gasteiger partial charge on any atom is -0.301 e. The predicted molar refractivity (Wildman–Crippen MR) is 28.0 cm³/mol. The maximum absolute atomic E-state index is 10.9. The summed E-state index contributed by atoms with van der Waals surface area (Å²) in [7, 11) is -4.62. The van der Waals surface area contributed by atoms with E-state index in [0.29, 0.717) is 0 Å². The van der Waals surface area contributed by atoms with E-state index in [1.165, 1.54) is 0 Å². The minimum atomic E-state index is -4.62. The van der Waals surface area contributed by atoms with Crippen LogP contribution in [0.5, 0.6) is 0 Å². The highest BCUT2D eigenvalue weighted by Crippen LogP contribution is 2.35. The Hall–Kier alpha value is -0.440. The van der Waals surface area contributed by atoms with Crippen molar-refractivity contribution in [1.82, 2.24) is 0 Å². The molecule has 0 fully saturated rings. The van der Waals surface area contributed by atoms with E-state index in [2.05, 4.69) is 9.56 Å². The Balaban J connectivity index is 3.35. The van der Waals surface area contributed by atoms with Crippen LogP contribution in [-0.2, 0) is 14.1 Å². The fourth-order valence-corrected chi connectivity index (χ4v) is 0.342. The van der Waals surface area contributed by atoms with Crippen molar-refractivity contribution in [2.45, 2.75) is 0 Å². The van der Waals surface area contributed by atoms with Gasteiger partial charge in [-0.05, 0) is 5.92 Å². The topological polar surface area (TPSA) is 76.0 Å². The molecule has 0 amide bonds. The Labute approximate surface area is 55.9 Å². The summed E-state index contributed by atoms with van der Waals surface area (Å²) in [6.07, 6.45) is 0.946. The highest BCUT2D eigenvalue weighted by Gasteiger charge is 2.14. The second-order valence-electron chi connectivity index (χ2n) is 1.10. The van der Waals surface area contributed by atoms with Gasteiger partial charge in [0.25, 0.3) is 0 Å². The number of hydrogen-bond donors (Lipinski definition) is 2. The van der Waals surface area contributed by atoms with Crippen LogP contribution in [0, 0.1) is 12.1 Å². The molecule has 0 atom stereocenters. The molecule has 0 unspecified atom stereocenters. The van der Waals surface area contributed by atoms with Gasteiger partial charge >= 0.3 is 7.82 Å². The Morgan fingerprint density at radius 1 is 1.60 bits per heavy atom. The van der Waals surface area contributed by atoms with Gasteiger partial charge in [0.1, 0.15) is 12.8 Å². The van der Waals surface area contributed by atoms with E-state index >= 15 is 0 Å². The maximum Gasteiger partial charge on any atom is 0.496 e. The van der Waals surface area contributed by atoms with Gasteiger partial charge in [0.05, 0.1) is 0 Å². The molecule has 5 nitrogen and oxygen atoms in total. The van der Waals surface area contributed by atoms with Gasteiger partial charge in [-0.2, -0.15) is 0 Å². The molecule has 0 aliphatic carbocycles. The molecule has 0 aromatic heterocycles. The quantitative estimate of drug-likeness (QED) is 0.204. The molecule has 0 saturated carbocycles.